The van der Waals surface area contributed by atoms with Gasteiger partial charge >= 0.3 is 5.69 Å². The van der Waals surface area contributed by atoms with Gasteiger partial charge in [0.15, 0.2) is 11.4 Å². The average molecular weight is 348 g/mol. The standard InChI is InChI=1S/C11H16N4O7S/c16-2-4-6(17)7(18)5(9(20)22-4)14-11(23)13-3-1-12-10(21)15-8(3)19/h1,4-7,9,16-18,20H,2H2,(H2,13,14,23)(H2,12,15,19,21)/t4-,5-,6+,7-,9-/m0/s1. The normalized spacial score (nSPS) is 30.7. The first kappa shape index (κ1) is 17.5. The average Bonchev–Trinajstić information content (AvgIpc) is 2.50. The van der Waals surface area contributed by atoms with E-state index < -0.39 is 48.5 Å². The van der Waals surface area contributed by atoms with Crippen molar-refractivity contribution in [2.75, 3.05) is 11.9 Å². The molecule has 0 spiro atoms. The molecule has 1 aliphatic rings. The quantitative estimate of drug-likeness (QED) is 0.252. The lowest BCUT2D eigenvalue weighted by molar-refractivity contribution is -0.251. The lowest BCUT2D eigenvalue weighted by atomic mass is 9.97. The maximum absolute atomic E-state index is 11.5. The molecule has 8 N–H and O–H groups in total. The molecule has 0 unspecified atom stereocenters. The van der Waals surface area contributed by atoms with Gasteiger partial charge in [0.2, 0.25) is 0 Å². The van der Waals surface area contributed by atoms with Gasteiger partial charge in [-0.1, -0.05) is 0 Å². The fourth-order valence-corrected chi connectivity index (χ4v) is 2.31. The summed E-state index contributed by atoms with van der Waals surface area (Å²) in [5.74, 6) is 0. The van der Waals surface area contributed by atoms with E-state index in [1.807, 2.05) is 4.98 Å². The number of aromatic nitrogens is 2. The summed E-state index contributed by atoms with van der Waals surface area (Å²) in [6.45, 7) is -0.586. The van der Waals surface area contributed by atoms with Crippen LogP contribution >= 0.6 is 12.2 Å². The molecule has 0 amide bonds. The summed E-state index contributed by atoms with van der Waals surface area (Å²) >= 11 is 4.94. The smallest absolute Gasteiger partial charge is 0.325 e. The second-order valence-electron chi connectivity index (χ2n) is 4.84. The zero-order valence-electron chi connectivity index (χ0n) is 11.6. The largest absolute Gasteiger partial charge is 0.394 e. The van der Waals surface area contributed by atoms with Gasteiger partial charge in [0, 0.05) is 6.20 Å². The molecule has 1 aromatic rings. The minimum Gasteiger partial charge on any atom is -0.394 e. The Morgan fingerprint density at radius 2 is 2.00 bits per heavy atom. The van der Waals surface area contributed by atoms with Gasteiger partial charge in [-0.15, -0.1) is 0 Å². The van der Waals surface area contributed by atoms with Crippen molar-refractivity contribution in [3.63, 3.8) is 0 Å². The number of nitrogens with one attached hydrogen (secondary N) is 4. The van der Waals surface area contributed by atoms with Crippen molar-refractivity contribution < 1.29 is 25.2 Å². The Balaban J connectivity index is 2.04. The molecule has 2 rings (SSSR count). The van der Waals surface area contributed by atoms with Gasteiger partial charge in [-0.3, -0.25) is 9.78 Å². The molecule has 23 heavy (non-hydrogen) atoms. The van der Waals surface area contributed by atoms with Gasteiger partial charge in [-0.2, -0.15) is 0 Å². The van der Waals surface area contributed by atoms with Gasteiger partial charge in [0.05, 0.1) is 6.61 Å². The number of thiocarbonyl (C=S) groups is 1. The Morgan fingerprint density at radius 3 is 2.61 bits per heavy atom. The lowest BCUT2D eigenvalue weighted by Gasteiger charge is -2.40. The van der Waals surface area contributed by atoms with E-state index in [9.17, 15) is 24.9 Å². The topological polar surface area (TPSA) is 180 Å². The van der Waals surface area contributed by atoms with Crippen molar-refractivity contribution in [2.24, 2.45) is 0 Å². The van der Waals surface area contributed by atoms with Crippen LogP contribution < -0.4 is 21.9 Å². The molecule has 5 atom stereocenters. The van der Waals surface area contributed by atoms with Crippen LogP contribution in [0, 0.1) is 0 Å². The molecule has 1 fully saturated rings. The number of aromatic amines is 2. The SMILES string of the molecule is O=c1[nH]cc(NC(=S)N[C@H]2[C@H](O)[C@H](O)[C@H](CO)O[C@@H]2O)c(=O)[nH]1. The number of anilines is 1. The number of aliphatic hydroxyl groups excluding tert-OH is 4. The number of H-pyrrole nitrogens is 2. The van der Waals surface area contributed by atoms with Crippen LogP contribution in [0.4, 0.5) is 5.69 Å². The lowest BCUT2D eigenvalue weighted by Crippen LogP contribution is -2.64. The molecule has 1 aromatic heterocycles. The predicted molar refractivity (Wildman–Crippen MR) is 80.8 cm³/mol. The third-order valence-electron chi connectivity index (χ3n) is 3.27. The molecule has 12 heteroatoms. The molecule has 0 aliphatic carbocycles. The van der Waals surface area contributed by atoms with Crippen LogP contribution in [0.2, 0.25) is 0 Å². The van der Waals surface area contributed by atoms with Crippen molar-refractivity contribution in [3.8, 4) is 0 Å². The van der Waals surface area contributed by atoms with Crippen LogP contribution in [0.15, 0.2) is 15.8 Å². The maximum Gasteiger partial charge on any atom is 0.325 e. The Kier molecular flexibility index (Phi) is 5.46. The van der Waals surface area contributed by atoms with E-state index in [1.54, 1.807) is 0 Å². The van der Waals surface area contributed by atoms with Crippen LogP contribution in [0.1, 0.15) is 0 Å². The summed E-state index contributed by atoms with van der Waals surface area (Å²) in [7, 11) is 0. The predicted octanol–water partition coefficient (Wildman–Crippen LogP) is -3.85. The number of aliphatic hydroxyl groups is 4. The van der Waals surface area contributed by atoms with Crippen LogP contribution in [-0.2, 0) is 4.74 Å². The van der Waals surface area contributed by atoms with E-state index in [1.165, 1.54) is 0 Å². The number of hydrogen-bond donors (Lipinski definition) is 8. The summed E-state index contributed by atoms with van der Waals surface area (Å²) in [4.78, 5) is 26.6. The van der Waals surface area contributed by atoms with Crippen molar-refractivity contribution in [3.05, 3.63) is 27.0 Å². The Morgan fingerprint density at radius 1 is 1.30 bits per heavy atom. The van der Waals surface area contributed by atoms with E-state index in [0.717, 1.165) is 6.20 Å². The minimum atomic E-state index is -1.56. The van der Waals surface area contributed by atoms with Gasteiger partial charge in [0.25, 0.3) is 5.56 Å². The number of ether oxygens (including phenoxy) is 1. The molecule has 0 bridgehead atoms. The fraction of sp³-hybridized carbons (Fsp3) is 0.545. The summed E-state index contributed by atoms with van der Waals surface area (Å²) < 4.78 is 4.95. The fourth-order valence-electron chi connectivity index (χ4n) is 2.07. The van der Waals surface area contributed by atoms with Crippen LogP contribution in [0.3, 0.4) is 0 Å². The van der Waals surface area contributed by atoms with Crippen LogP contribution in [0.25, 0.3) is 0 Å². The van der Waals surface area contributed by atoms with E-state index in [0.29, 0.717) is 0 Å². The monoisotopic (exact) mass is 348 g/mol. The first-order valence-electron chi connectivity index (χ1n) is 6.53. The van der Waals surface area contributed by atoms with E-state index in [2.05, 4.69) is 15.6 Å². The highest BCUT2D eigenvalue weighted by Gasteiger charge is 2.43. The molecule has 1 aliphatic heterocycles. The van der Waals surface area contributed by atoms with Crippen LogP contribution in [0.5, 0.6) is 0 Å². The van der Waals surface area contributed by atoms with Crippen molar-refractivity contribution >= 4 is 23.0 Å². The molecule has 2 heterocycles. The zero-order valence-corrected chi connectivity index (χ0v) is 12.4. The highest BCUT2D eigenvalue weighted by atomic mass is 32.1. The van der Waals surface area contributed by atoms with Gasteiger partial charge in [0.1, 0.15) is 30.0 Å². The number of hydrogen-bond acceptors (Lipinski definition) is 8. The van der Waals surface area contributed by atoms with Crippen molar-refractivity contribution in [1.29, 1.82) is 0 Å². The van der Waals surface area contributed by atoms with Gasteiger partial charge in [-0.05, 0) is 12.2 Å². The summed E-state index contributed by atoms with van der Waals surface area (Å²) in [5, 5.41) is 43.3. The van der Waals surface area contributed by atoms with Crippen molar-refractivity contribution in [2.45, 2.75) is 30.6 Å². The molecule has 128 valence electrons. The van der Waals surface area contributed by atoms with Crippen molar-refractivity contribution in [1.82, 2.24) is 15.3 Å². The molecule has 0 saturated carbocycles. The Labute approximate surface area is 133 Å². The second-order valence-corrected chi connectivity index (χ2v) is 5.25. The summed E-state index contributed by atoms with van der Waals surface area (Å²) in [6.07, 6.45) is -4.53. The van der Waals surface area contributed by atoms with E-state index in [4.69, 9.17) is 22.1 Å². The third-order valence-corrected chi connectivity index (χ3v) is 3.49. The molecule has 1 saturated heterocycles. The highest BCUT2D eigenvalue weighted by molar-refractivity contribution is 7.80. The molecular weight excluding hydrogens is 332 g/mol. The third kappa shape index (κ3) is 3.93. The van der Waals surface area contributed by atoms with Crippen LogP contribution in [-0.4, -0.2) is 72.8 Å². The Hall–Kier alpha value is -1.83. The second kappa shape index (κ2) is 7.16. The first-order chi connectivity index (χ1) is 10.8. The number of rotatable bonds is 3. The maximum atomic E-state index is 11.5. The minimum absolute atomic E-state index is 0.0726. The molecule has 0 aromatic carbocycles. The molecular formula is C11H16N4O7S. The molecule has 11 nitrogen and oxygen atoms in total. The summed E-state index contributed by atoms with van der Waals surface area (Å²) in [5.41, 5.74) is -1.49. The van der Waals surface area contributed by atoms with E-state index >= 15 is 0 Å². The van der Waals surface area contributed by atoms with E-state index in [-0.39, 0.29) is 10.8 Å². The van der Waals surface area contributed by atoms with Gasteiger partial charge < -0.3 is 40.8 Å². The van der Waals surface area contributed by atoms with Gasteiger partial charge in [-0.25, -0.2) is 4.79 Å². The zero-order chi connectivity index (χ0) is 17.1. The first-order valence-corrected chi connectivity index (χ1v) is 6.94. The highest BCUT2D eigenvalue weighted by Crippen LogP contribution is 2.19. The Bertz CT molecular complexity index is 677. The summed E-state index contributed by atoms with van der Waals surface area (Å²) in [6, 6.07) is -1.20. The molecule has 0 radical (unpaired) electrons.